The molecule has 0 fully saturated rings. The maximum Gasteiger partial charge on any atom is 0.254 e. The lowest BCUT2D eigenvalue weighted by Gasteiger charge is -2.24. The largest absolute Gasteiger partial charge is 0.347 e. The van der Waals surface area contributed by atoms with Gasteiger partial charge in [0.2, 0.25) is 0 Å². The molecular formula is C11H15BrN2O. The number of hydrogen-bond acceptors (Lipinski definition) is 2. The van der Waals surface area contributed by atoms with E-state index in [1.807, 2.05) is 20.8 Å². The van der Waals surface area contributed by atoms with E-state index in [1.165, 1.54) is 0 Å². The predicted molar refractivity (Wildman–Crippen MR) is 63.8 cm³/mol. The number of pyridine rings is 1. The highest BCUT2D eigenvalue weighted by atomic mass is 79.9. The van der Waals surface area contributed by atoms with Gasteiger partial charge in [0, 0.05) is 11.7 Å². The fourth-order valence-corrected chi connectivity index (χ4v) is 1.45. The third-order valence-corrected chi connectivity index (χ3v) is 2.97. The Bertz CT molecular complexity index is 363. The summed E-state index contributed by atoms with van der Waals surface area (Å²) in [7, 11) is 0. The zero-order valence-electron chi connectivity index (χ0n) is 9.17. The van der Waals surface area contributed by atoms with Crippen molar-refractivity contribution < 1.29 is 4.79 Å². The summed E-state index contributed by atoms with van der Waals surface area (Å²) in [6.07, 6.45) is 2.53. The highest BCUT2D eigenvalue weighted by Gasteiger charge is 2.20. The fourth-order valence-electron chi connectivity index (χ4n) is 1.02. The highest BCUT2D eigenvalue weighted by Crippen LogP contribution is 2.15. The molecule has 1 rings (SSSR count). The van der Waals surface area contributed by atoms with E-state index in [0.29, 0.717) is 10.2 Å². The highest BCUT2D eigenvalue weighted by molar-refractivity contribution is 9.10. The van der Waals surface area contributed by atoms with Gasteiger partial charge in [-0.3, -0.25) is 4.79 Å². The molecule has 0 aliphatic carbocycles. The minimum Gasteiger partial charge on any atom is -0.347 e. The second-order valence-corrected chi connectivity index (χ2v) is 4.78. The number of nitrogens with zero attached hydrogens (tertiary/aromatic N) is 1. The van der Waals surface area contributed by atoms with E-state index in [4.69, 9.17) is 0 Å². The third-order valence-electron chi connectivity index (χ3n) is 2.34. The van der Waals surface area contributed by atoms with E-state index in [-0.39, 0.29) is 11.4 Å². The standard InChI is InChI=1S/C11H15BrN2O/c1-4-11(2,3)14-10(15)8-6-5-7-13-9(8)12/h5-7H,4H2,1-3H3,(H,14,15). The van der Waals surface area contributed by atoms with Crippen molar-refractivity contribution in [2.45, 2.75) is 32.7 Å². The van der Waals surface area contributed by atoms with Crippen LogP contribution in [0.4, 0.5) is 0 Å². The zero-order valence-corrected chi connectivity index (χ0v) is 10.8. The quantitative estimate of drug-likeness (QED) is 0.859. The molecule has 1 N–H and O–H groups in total. The summed E-state index contributed by atoms with van der Waals surface area (Å²) in [4.78, 5) is 15.9. The molecule has 3 nitrogen and oxygen atoms in total. The first kappa shape index (κ1) is 12.2. The molecule has 1 amide bonds. The molecule has 0 saturated carbocycles. The smallest absolute Gasteiger partial charge is 0.254 e. The molecule has 1 aromatic rings. The number of halogens is 1. The molecule has 15 heavy (non-hydrogen) atoms. The van der Waals surface area contributed by atoms with E-state index < -0.39 is 0 Å². The van der Waals surface area contributed by atoms with E-state index >= 15 is 0 Å². The van der Waals surface area contributed by atoms with Crippen molar-refractivity contribution in [2.24, 2.45) is 0 Å². The summed E-state index contributed by atoms with van der Waals surface area (Å²) in [5, 5.41) is 2.95. The number of carbonyl (C=O) groups excluding carboxylic acids is 1. The van der Waals surface area contributed by atoms with E-state index in [1.54, 1.807) is 18.3 Å². The molecule has 4 heteroatoms. The van der Waals surface area contributed by atoms with Gasteiger partial charge in [0.05, 0.1) is 5.56 Å². The fraction of sp³-hybridized carbons (Fsp3) is 0.455. The van der Waals surface area contributed by atoms with Gasteiger partial charge in [0.1, 0.15) is 4.60 Å². The van der Waals surface area contributed by atoms with Crippen LogP contribution in [0.5, 0.6) is 0 Å². The number of amides is 1. The minimum atomic E-state index is -0.188. The Hall–Kier alpha value is -0.900. The van der Waals surface area contributed by atoms with Crippen LogP contribution in [0.15, 0.2) is 22.9 Å². The summed E-state index contributed by atoms with van der Waals surface area (Å²) < 4.78 is 0.578. The summed E-state index contributed by atoms with van der Waals surface area (Å²) in [6.45, 7) is 6.03. The zero-order chi connectivity index (χ0) is 11.5. The maximum absolute atomic E-state index is 11.9. The SMILES string of the molecule is CCC(C)(C)NC(=O)c1cccnc1Br. The summed E-state index contributed by atoms with van der Waals surface area (Å²) >= 11 is 3.25. The van der Waals surface area contributed by atoms with Gasteiger partial charge in [-0.15, -0.1) is 0 Å². The number of nitrogens with one attached hydrogen (secondary N) is 1. The maximum atomic E-state index is 11.9. The van der Waals surface area contributed by atoms with Crippen LogP contribution in [-0.2, 0) is 0 Å². The van der Waals surface area contributed by atoms with Gasteiger partial charge in [-0.05, 0) is 48.3 Å². The number of aromatic nitrogens is 1. The van der Waals surface area contributed by atoms with Crippen molar-refractivity contribution in [3.8, 4) is 0 Å². The molecule has 1 heterocycles. The van der Waals surface area contributed by atoms with Crippen molar-refractivity contribution in [3.05, 3.63) is 28.5 Å². The topological polar surface area (TPSA) is 42.0 Å². The Morgan fingerprint density at radius 3 is 2.80 bits per heavy atom. The second kappa shape index (κ2) is 4.75. The number of hydrogen-bond donors (Lipinski definition) is 1. The van der Waals surface area contributed by atoms with Crippen LogP contribution in [-0.4, -0.2) is 16.4 Å². The van der Waals surface area contributed by atoms with Crippen LogP contribution in [0, 0.1) is 0 Å². The average Bonchev–Trinajstić information content (AvgIpc) is 2.17. The second-order valence-electron chi connectivity index (χ2n) is 4.03. The lowest BCUT2D eigenvalue weighted by molar-refractivity contribution is 0.0910. The molecule has 1 aromatic heterocycles. The van der Waals surface area contributed by atoms with Gasteiger partial charge in [-0.1, -0.05) is 6.92 Å². The first-order chi connectivity index (χ1) is 6.96. The van der Waals surface area contributed by atoms with E-state index in [2.05, 4.69) is 26.2 Å². The summed E-state index contributed by atoms with van der Waals surface area (Å²) in [5.74, 6) is -0.0955. The van der Waals surface area contributed by atoms with Gasteiger partial charge in [-0.25, -0.2) is 4.98 Å². The van der Waals surface area contributed by atoms with Crippen molar-refractivity contribution in [2.75, 3.05) is 0 Å². The molecule has 0 aliphatic rings. The van der Waals surface area contributed by atoms with Crippen molar-refractivity contribution >= 4 is 21.8 Å². The normalized spacial score (nSPS) is 11.2. The van der Waals surface area contributed by atoms with Crippen molar-refractivity contribution in [3.63, 3.8) is 0 Å². The Kier molecular flexibility index (Phi) is 3.85. The van der Waals surface area contributed by atoms with Gasteiger partial charge in [0.15, 0.2) is 0 Å². The van der Waals surface area contributed by atoms with Crippen LogP contribution in [0.1, 0.15) is 37.6 Å². The van der Waals surface area contributed by atoms with Gasteiger partial charge in [0.25, 0.3) is 5.91 Å². The van der Waals surface area contributed by atoms with Gasteiger partial charge >= 0.3 is 0 Å². The van der Waals surface area contributed by atoms with Crippen molar-refractivity contribution in [1.82, 2.24) is 10.3 Å². The predicted octanol–water partition coefficient (Wildman–Crippen LogP) is 2.76. The van der Waals surface area contributed by atoms with Crippen LogP contribution in [0.2, 0.25) is 0 Å². The lowest BCUT2D eigenvalue weighted by atomic mass is 10.0. The van der Waals surface area contributed by atoms with E-state index in [0.717, 1.165) is 6.42 Å². The molecule has 0 aliphatic heterocycles. The molecule has 0 atom stereocenters. The molecule has 0 saturated heterocycles. The van der Waals surface area contributed by atoms with Crippen LogP contribution < -0.4 is 5.32 Å². The lowest BCUT2D eigenvalue weighted by Crippen LogP contribution is -2.42. The molecule has 0 radical (unpaired) electrons. The Morgan fingerprint density at radius 2 is 2.27 bits per heavy atom. The van der Waals surface area contributed by atoms with Crippen LogP contribution in [0.25, 0.3) is 0 Å². The molecule has 82 valence electrons. The van der Waals surface area contributed by atoms with Gasteiger partial charge < -0.3 is 5.32 Å². The average molecular weight is 271 g/mol. The van der Waals surface area contributed by atoms with Crippen LogP contribution >= 0.6 is 15.9 Å². The third kappa shape index (κ3) is 3.30. The van der Waals surface area contributed by atoms with E-state index in [9.17, 15) is 4.79 Å². The molecule has 0 bridgehead atoms. The first-order valence-electron chi connectivity index (χ1n) is 4.89. The minimum absolute atomic E-state index is 0.0955. The van der Waals surface area contributed by atoms with Crippen LogP contribution in [0.3, 0.4) is 0 Å². The monoisotopic (exact) mass is 270 g/mol. The Morgan fingerprint density at radius 1 is 1.60 bits per heavy atom. The molecular weight excluding hydrogens is 256 g/mol. The summed E-state index contributed by atoms with van der Waals surface area (Å²) in [5.41, 5.74) is 0.380. The van der Waals surface area contributed by atoms with Gasteiger partial charge in [-0.2, -0.15) is 0 Å². The number of carbonyl (C=O) groups is 1. The Labute approximate surface area is 98.4 Å². The first-order valence-corrected chi connectivity index (χ1v) is 5.68. The molecule has 0 spiro atoms. The van der Waals surface area contributed by atoms with Crippen molar-refractivity contribution in [1.29, 1.82) is 0 Å². The Balaban J connectivity index is 2.83. The molecule has 0 aromatic carbocycles. The number of rotatable bonds is 3. The summed E-state index contributed by atoms with van der Waals surface area (Å²) in [6, 6.07) is 3.50. The molecule has 0 unspecified atom stereocenters.